The van der Waals surface area contributed by atoms with Gasteiger partial charge in [0.2, 0.25) is 0 Å². The molecular weight excluding hydrogens is 225 g/mol. The highest BCUT2D eigenvalue weighted by atomic mass is 19.1. The minimum absolute atomic E-state index is 0.150. The minimum atomic E-state index is -0.150. The van der Waals surface area contributed by atoms with Crippen molar-refractivity contribution in [1.82, 2.24) is 5.32 Å². The highest BCUT2D eigenvalue weighted by Gasteiger charge is 2.12. The molecule has 18 heavy (non-hydrogen) atoms. The smallest absolute Gasteiger partial charge is 0.123 e. The second kappa shape index (κ2) is 8.04. The van der Waals surface area contributed by atoms with Crippen LogP contribution in [0.2, 0.25) is 0 Å². The zero-order valence-electron chi connectivity index (χ0n) is 11.5. The number of benzene rings is 1. The van der Waals surface area contributed by atoms with Crippen LogP contribution in [0.15, 0.2) is 30.9 Å². The largest absolute Gasteiger partial charge is 0.313 e. The van der Waals surface area contributed by atoms with Gasteiger partial charge in [-0.05, 0) is 56.5 Å². The Morgan fingerprint density at radius 2 is 2.11 bits per heavy atom. The first-order valence-corrected chi connectivity index (χ1v) is 6.73. The van der Waals surface area contributed by atoms with Crippen LogP contribution in [0.25, 0.3) is 0 Å². The number of rotatable bonds is 8. The fourth-order valence-corrected chi connectivity index (χ4v) is 2.26. The van der Waals surface area contributed by atoms with Crippen molar-refractivity contribution in [3.8, 4) is 0 Å². The van der Waals surface area contributed by atoms with Crippen molar-refractivity contribution >= 4 is 0 Å². The summed E-state index contributed by atoms with van der Waals surface area (Å²) in [5.41, 5.74) is 2.24. The summed E-state index contributed by atoms with van der Waals surface area (Å²) in [5, 5.41) is 3.29. The first kappa shape index (κ1) is 14.9. The molecular formula is C16H24FN. The summed E-state index contributed by atoms with van der Waals surface area (Å²) in [4.78, 5) is 0. The molecule has 0 spiro atoms. The molecule has 1 aromatic rings. The molecule has 0 aliphatic carbocycles. The van der Waals surface area contributed by atoms with Gasteiger partial charge in [-0.1, -0.05) is 25.0 Å². The third kappa shape index (κ3) is 4.61. The summed E-state index contributed by atoms with van der Waals surface area (Å²) >= 11 is 0. The first-order valence-electron chi connectivity index (χ1n) is 6.73. The van der Waals surface area contributed by atoms with Gasteiger partial charge in [0.25, 0.3) is 0 Å². The summed E-state index contributed by atoms with van der Waals surface area (Å²) in [7, 11) is 1.94. The lowest BCUT2D eigenvalue weighted by Crippen LogP contribution is -2.17. The molecule has 0 aliphatic heterocycles. The normalized spacial score (nSPS) is 12.4. The molecule has 0 fully saturated rings. The number of hydrogen-bond acceptors (Lipinski definition) is 1. The molecule has 0 aliphatic rings. The van der Waals surface area contributed by atoms with E-state index in [4.69, 9.17) is 0 Å². The van der Waals surface area contributed by atoms with Gasteiger partial charge >= 0.3 is 0 Å². The van der Waals surface area contributed by atoms with Crippen molar-refractivity contribution < 1.29 is 4.39 Å². The van der Waals surface area contributed by atoms with Gasteiger partial charge in [-0.15, -0.1) is 6.58 Å². The number of halogens is 1. The molecule has 1 unspecified atom stereocenters. The van der Waals surface area contributed by atoms with Gasteiger partial charge in [-0.25, -0.2) is 4.39 Å². The number of unbranched alkanes of at least 4 members (excludes halogenated alkanes) is 3. The van der Waals surface area contributed by atoms with Crippen LogP contribution in [0, 0.1) is 12.7 Å². The predicted molar refractivity (Wildman–Crippen MR) is 76.2 cm³/mol. The number of nitrogens with one attached hydrogen (secondary N) is 1. The molecule has 0 amide bonds. The third-order valence-electron chi connectivity index (χ3n) is 3.37. The Morgan fingerprint density at radius 3 is 2.78 bits per heavy atom. The average Bonchev–Trinajstić information content (AvgIpc) is 2.37. The molecule has 0 radical (unpaired) electrons. The molecule has 0 heterocycles. The van der Waals surface area contributed by atoms with E-state index in [1.807, 2.05) is 26.1 Å². The maximum absolute atomic E-state index is 13.3. The Morgan fingerprint density at radius 1 is 1.33 bits per heavy atom. The van der Waals surface area contributed by atoms with Crippen LogP contribution in [0.4, 0.5) is 4.39 Å². The van der Waals surface area contributed by atoms with Gasteiger partial charge in [-0.2, -0.15) is 0 Å². The molecule has 1 atom stereocenters. The molecule has 1 N–H and O–H groups in total. The van der Waals surface area contributed by atoms with Gasteiger partial charge in [0, 0.05) is 6.04 Å². The summed E-state index contributed by atoms with van der Waals surface area (Å²) in [6.07, 6.45) is 7.67. The third-order valence-corrected chi connectivity index (χ3v) is 3.37. The van der Waals surface area contributed by atoms with Gasteiger partial charge in [0.1, 0.15) is 5.82 Å². The van der Waals surface area contributed by atoms with Crippen molar-refractivity contribution in [2.75, 3.05) is 7.05 Å². The molecule has 1 nitrogen and oxygen atoms in total. The Kier molecular flexibility index (Phi) is 6.66. The lowest BCUT2D eigenvalue weighted by atomic mass is 9.96. The second-order valence-corrected chi connectivity index (χ2v) is 4.77. The van der Waals surface area contributed by atoms with Crippen LogP contribution in [0.1, 0.15) is 49.3 Å². The van der Waals surface area contributed by atoms with E-state index in [9.17, 15) is 4.39 Å². The van der Waals surface area contributed by atoms with E-state index in [1.54, 1.807) is 6.07 Å². The van der Waals surface area contributed by atoms with Crippen LogP contribution in [0.5, 0.6) is 0 Å². The van der Waals surface area contributed by atoms with E-state index in [-0.39, 0.29) is 11.9 Å². The summed E-state index contributed by atoms with van der Waals surface area (Å²) in [5.74, 6) is -0.150. The molecule has 0 aromatic heterocycles. The Bertz CT molecular complexity index is 373. The van der Waals surface area contributed by atoms with Crippen LogP contribution in [-0.2, 0) is 0 Å². The highest BCUT2D eigenvalue weighted by Crippen LogP contribution is 2.23. The minimum Gasteiger partial charge on any atom is -0.313 e. The van der Waals surface area contributed by atoms with E-state index >= 15 is 0 Å². The molecule has 100 valence electrons. The van der Waals surface area contributed by atoms with E-state index in [2.05, 4.69) is 11.9 Å². The molecule has 0 bridgehead atoms. The Hall–Kier alpha value is -1.15. The lowest BCUT2D eigenvalue weighted by Gasteiger charge is -2.19. The number of hydrogen-bond donors (Lipinski definition) is 1. The Labute approximate surface area is 110 Å². The van der Waals surface area contributed by atoms with Gasteiger partial charge in [0.15, 0.2) is 0 Å². The maximum atomic E-state index is 13.3. The zero-order chi connectivity index (χ0) is 13.4. The van der Waals surface area contributed by atoms with Crippen molar-refractivity contribution in [3.05, 3.63) is 47.8 Å². The maximum Gasteiger partial charge on any atom is 0.123 e. The van der Waals surface area contributed by atoms with Gasteiger partial charge in [0.05, 0.1) is 0 Å². The topological polar surface area (TPSA) is 12.0 Å². The first-order chi connectivity index (χ1) is 8.69. The lowest BCUT2D eigenvalue weighted by molar-refractivity contribution is 0.502. The molecule has 2 heteroatoms. The highest BCUT2D eigenvalue weighted by molar-refractivity contribution is 5.29. The Balaban J connectivity index is 2.54. The predicted octanol–water partition coefficient (Wildman–Crippen LogP) is 4.53. The average molecular weight is 249 g/mol. The van der Waals surface area contributed by atoms with E-state index in [0.29, 0.717) is 0 Å². The van der Waals surface area contributed by atoms with Gasteiger partial charge < -0.3 is 5.32 Å². The van der Waals surface area contributed by atoms with Crippen molar-refractivity contribution in [2.24, 2.45) is 0 Å². The van der Waals surface area contributed by atoms with Crippen molar-refractivity contribution in [3.63, 3.8) is 0 Å². The van der Waals surface area contributed by atoms with Crippen LogP contribution >= 0.6 is 0 Å². The SMILES string of the molecule is C=CCCCCCC(NC)c1cc(F)ccc1C. The standard InChI is InChI=1S/C16H24FN/c1-4-5-6-7-8-9-16(18-3)15-12-14(17)11-10-13(15)2/h4,10-12,16,18H,1,5-9H2,2-3H3. The van der Waals surface area contributed by atoms with E-state index < -0.39 is 0 Å². The van der Waals surface area contributed by atoms with Crippen molar-refractivity contribution in [1.29, 1.82) is 0 Å². The van der Waals surface area contributed by atoms with E-state index in [1.165, 1.54) is 18.9 Å². The fourth-order valence-electron chi connectivity index (χ4n) is 2.26. The monoisotopic (exact) mass is 249 g/mol. The zero-order valence-corrected chi connectivity index (χ0v) is 11.5. The van der Waals surface area contributed by atoms with E-state index in [0.717, 1.165) is 30.4 Å². The second-order valence-electron chi connectivity index (χ2n) is 4.77. The van der Waals surface area contributed by atoms with Crippen LogP contribution in [-0.4, -0.2) is 7.05 Å². The number of allylic oxidation sites excluding steroid dienone is 1. The molecule has 0 saturated carbocycles. The quantitative estimate of drug-likeness (QED) is 0.527. The molecule has 0 saturated heterocycles. The van der Waals surface area contributed by atoms with Crippen molar-refractivity contribution in [2.45, 2.75) is 45.1 Å². The molecule has 1 aromatic carbocycles. The summed E-state index contributed by atoms with van der Waals surface area (Å²) in [6, 6.07) is 5.28. The summed E-state index contributed by atoms with van der Waals surface area (Å²) in [6.45, 7) is 5.76. The van der Waals surface area contributed by atoms with Crippen LogP contribution < -0.4 is 5.32 Å². The fraction of sp³-hybridized carbons (Fsp3) is 0.500. The molecule has 1 rings (SSSR count). The van der Waals surface area contributed by atoms with Gasteiger partial charge in [-0.3, -0.25) is 0 Å². The number of aryl methyl sites for hydroxylation is 1. The van der Waals surface area contributed by atoms with Crippen LogP contribution in [0.3, 0.4) is 0 Å². The summed E-state index contributed by atoms with van der Waals surface area (Å²) < 4.78 is 13.3.